The molecular formula is C17H33F3N2. The normalized spacial score (nSPS) is 20.0. The van der Waals surface area contributed by atoms with Gasteiger partial charge in [0.2, 0.25) is 0 Å². The first-order valence-corrected chi connectivity index (χ1v) is 8.96. The van der Waals surface area contributed by atoms with Crippen LogP contribution in [0.25, 0.3) is 0 Å². The van der Waals surface area contributed by atoms with Gasteiger partial charge < -0.3 is 4.90 Å². The summed E-state index contributed by atoms with van der Waals surface area (Å²) < 4.78 is 37.5. The molecule has 0 spiro atoms. The van der Waals surface area contributed by atoms with Crippen molar-refractivity contribution in [1.82, 2.24) is 9.80 Å². The molecule has 0 bridgehead atoms. The number of rotatable bonds is 9. The van der Waals surface area contributed by atoms with Crippen LogP contribution in [0.1, 0.15) is 58.8 Å². The molecule has 1 aliphatic heterocycles. The molecule has 1 atom stereocenters. The van der Waals surface area contributed by atoms with E-state index >= 15 is 0 Å². The van der Waals surface area contributed by atoms with Crippen LogP contribution < -0.4 is 0 Å². The third-order valence-electron chi connectivity index (χ3n) is 4.51. The fourth-order valence-electron chi connectivity index (χ4n) is 3.40. The lowest BCUT2D eigenvalue weighted by atomic mass is 9.96. The number of nitrogens with zero attached hydrogens (tertiary/aromatic N) is 2. The lowest BCUT2D eigenvalue weighted by Crippen LogP contribution is -2.38. The summed E-state index contributed by atoms with van der Waals surface area (Å²) in [6.07, 6.45) is 4.31. The molecule has 1 unspecified atom stereocenters. The summed E-state index contributed by atoms with van der Waals surface area (Å²) in [6, 6.07) is 0. The van der Waals surface area contributed by atoms with E-state index in [1.165, 1.54) is 38.5 Å². The molecular weight excluding hydrogens is 289 g/mol. The van der Waals surface area contributed by atoms with E-state index in [-0.39, 0.29) is 0 Å². The number of unbranched alkanes of at least 4 members (excludes halogenated alkanes) is 2. The number of halogens is 3. The van der Waals surface area contributed by atoms with E-state index in [1.807, 2.05) is 0 Å². The predicted molar refractivity (Wildman–Crippen MR) is 86.1 cm³/mol. The molecule has 1 aliphatic rings. The Hall–Kier alpha value is -0.290. The highest BCUT2D eigenvalue weighted by molar-refractivity contribution is 4.74. The standard InChI is InChI=1S/C17H33F3N2/c1-3-5-6-9-16(8-4-2)14-21-10-7-11-22(13-12-21)15-17(18,19)20/h16H,3-15H2,1-2H3. The van der Waals surface area contributed by atoms with Crippen molar-refractivity contribution in [3.05, 3.63) is 0 Å². The summed E-state index contributed by atoms with van der Waals surface area (Å²) in [6.45, 7) is 7.61. The summed E-state index contributed by atoms with van der Waals surface area (Å²) >= 11 is 0. The maximum Gasteiger partial charge on any atom is 0.401 e. The molecule has 0 radical (unpaired) electrons. The van der Waals surface area contributed by atoms with E-state index in [0.717, 1.165) is 26.1 Å². The van der Waals surface area contributed by atoms with Crippen molar-refractivity contribution in [2.24, 2.45) is 5.92 Å². The van der Waals surface area contributed by atoms with Gasteiger partial charge in [-0.25, -0.2) is 0 Å². The van der Waals surface area contributed by atoms with Gasteiger partial charge >= 0.3 is 6.18 Å². The van der Waals surface area contributed by atoms with Crippen LogP contribution in [0, 0.1) is 5.92 Å². The Labute approximate surface area is 134 Å². The van der Waals surface area contributed by atoms with E-state index in [1.54, 1.807) is 4.90 Å². The Morgan fingerprint density at radius 1 is 0.864 bits per heavy atom. The number of alkyl halides is 3. The Balaban J connectivity index is 2.37. The zero-order valence-corrected chi connectivity index (χ0v) is 14.3. The Morgan fingerprint density at radius 3 is 2.18 bits per heavy atom. The van der Waals surface area contributed by atoms with Gasteiger partial charge in [0.1, 0.15) is 0 Å². The van der Waals surface area contributed by atoms with Crippen molar-refractivity contribution in [2.45, 2.75) is 65.0 Å². The minimum Gasteiger partial charge on any atom is -0.302 e. The number of hydrogen-bond donors (Lipinski definition) is 0. The fourth-order valence-corrected chi connectivity index (χ4v) is 3.40. The minimum absolute atomic E-state index is 0.549. The van der Waals surface area contributed by atoms with Crippen LogP contribution in [0.3, 0.4) is 0 Å². The maximum absolute atomic E-state index is 12.5. The smallest absolute Gasteiger partial charge is 0.302 e. The molecule has 1 fully saturated rings. The largest absolute Gasteiger partial charge is 0.401 e. The molecule has 5 heteroatoms. The monoisotopic (exact) mass is 322 g/mol. The molecule has 0 aromatic rings. The molecule has 0 amide bonds. The van der Waals surface area contributed by atoms with Crippen molar-refractivity contribution >= 4 is 0 Å². The Bertz CT molecular complexity index is 282. The lowest BCUT2D eigenvalue weighted by molar-refractivity contribution is -0.145. The van der Waals surface area contributed by atoms with Gasteiger partial charge in [0, 0.05) is 19.6 Å². The van der Waals surface area contributed by atoms with Gasteiger partial charge in [-0.15, -0.1) is 0 Å². The van der Waals surface area contributed by atoms with E-state index in [9.17, 15) is 13.2 Å². The highest BCUT2D eigenvalue weighted by Gasteiger charge is 2.31. The SMILES string of the molecule is CCCCCC(CCC)CN1CCCN(CC(F)(F)F)CC1. The summed E-state index contributed by atoms with van der Waals surface area (Å²) in [5.74, 6) is 0.714. The average molecular weight is 322 g/mol. The highest BCUT2D eigenvalue weighted by atomic mass is 19.4. The van der Waals surface area contributed by atoms with Gasteiger partial charge in [0.15, 0.2) is 0 Å². The second kappa shape index (κ2) is 10.5. The van der Waals surface area contributed by atoms with Crippen LogP contribution in [0.5, 0.6) is 0 Å². The summed E-state index contributed by atoms with van der Waals surface area (Å²) in [5, 5.41) is 0. The van der Waals surface area contributed by atoms with Gasteiger partial charge in [0.05, 0.1) is 6.54 Å². The molecule has 0 aliphatic carbocycles. The van der Waals surface area contributed by atoms with Gasteiger partial charge in [-0.2, -0.15) is 13.2 Å². The quantitative estimate of drug-likeness (QED) is 0.575. The van der Waals surface area contributed by atoms with Gasteiger partial charge in [-0.1, -0.05) is 39.5 Å². The topological polar surface area (TPSA) is 6.48 Å². The van der Waals surface area contributed by atoms with Crippen molar-refractivity contribution in [1.29, 1.82) is 0 Å². The Kier molecular flexibility index (Phi) is 9.41. The zero-order valence-electron chi connectivity index (χ0n) is 14.3. The summed E-state index contributed by atoms with van der Waals surface area (Å²) in [5.41, 5.74) is 0. The molecule has 1 heterocycles. The fraction of sp³-hybridized carbons (Fsp3) is 1.00. The first-order chi connectivity index (χ1) is 10.4. The van der Waals surface area contributed by atoms with Crippen molar-refractivity contribution in [3.8, 4) is 0 Å². The first-order valence-electron chi connectivity index (χ1n) is 8.96. The molecule has 0 aromatic heterocycles. The van der Waals surface area contributed by atoms with Crippen LogP contribution >= 0.6 is 0 Å². The van der Waals surface area contributed by atoms with Crippen LogP contribution in [0.15, 0.2) is 0 Å². The molecule has 1 saturated heterocycles. The zero-order chi connectivity index (χ0) is 16.4. The van der Waals surface area contributed by atoms with E-state index < -0.39 is 12.7 Å². The second-order valence-corrected chi connectivity index (χ2v) is 6.70. The van der Waals surface area contributed by atoms with Crippen LogP contribution in [0.2, 0.25) is 0 Å². The van der Waals surface area contributed by atoms with Crippen LogP contribution in [-0.4, -0.2) is 55.2 Å². The number of hydrogen-bond acceptors (Lipinski definition) is 2. The molecule has 2 nitrogen and oxygen atoms in total. The molecule has 1 rings (SSSR count). The molecule has 22 heavy (non-hydrogen) atoms. The van der Waals surface area contributed by atoms with Gasteiger partial charge in [-0.05, 0) is 38.3 Å². The van der Waals surface area contributed by atoms with E-state index in [0.29, 0.717) is 19.0 Å². The molecule has 132 valence electrons. The first kappa shape index (κ1) is 19.8. The van der Waals surface area contributed by atoms with E-state index in [2.05, 4.69) is 18.7 Å². The highest BCUT2D eigenvalue weighted by Crippen LogP contribution is 2.20. The minimum atomic E-state index is -4.07. The van der Waals surface area contributed by atoms with Gasteiger partial charge in [-0.3, -0.25) is 4.90 Å². The summed E-state index contributed by atoms with van der Waals surface area (Å²) in [7, 11) is 0. The third kappa shape index (κ3) is 8.99. The predicted octanol–water partition coefficient (Wildman–Crippen LogP) is 4.55. The van der Waals surface area contributed by atoms with Crippen molar-refractivity contribution in [2.75, 3.05) is 39.3 Å². The van der Waals surface area contributed by atoms with Crippen molar-refractivity contribution in [3.63, 3.8) is 0 Å². The third-order valence-corrected chi connectivity index (χ3v) is 4.51. The van der Waals surface area contributed by atoms with Gasteiger partial charge in [0.25, 0.3) is 0 Å². The summed E-state index contributed by atoms with van der Waals surface area (Å²) in [4.78, 5) is 3.95. The molecule has 0 aromatic carbocycles. The lowest BCUT2D eigenvalue weighted by Gasteiger charge is -2.26. The molecule has 0 saturated carbocycles. The van der Waals surface area contributed by atoms with Crippen molar-refractivity contribution < 1.29 is 13.2 Å². The van der Waals surface area contributed by atoms with E-state index in [4.69, 9.17) is 0 Å². The molecule has 0 N–H and O–H groups in total. The second-order valence-electron chi connectivity index (χ2n) is 6.70. The van der Waals surface area contributed by atoms with Crippen LogP contribution in [0.4, 0.5) is 13.2 Å². The maximum atomic E-state index is 12.5. The van der Waals surface area contributed by atoms with Crippen LogP contribution in [-0.2, 0) is 0 Å². The average Bonchev–Trinajstić information content (AvgIpc) is 2.63. The Morgan fingerprint density at radius 2 is 1.55 bits per heavy atom.